The molecule has 4 rings (SSSR count). The lowest BCUT2D eigenvalue weighted by molar-refractivity contribution is 0.102. The van der Waals surface area contributed by atoms with Gasteiger partial charge in [0, 0.05) is 16.5 Å². The summed E-state index contributed by atoms with van der Waals surface area (Å²) in [6.45, 7) is 2.05. The molecule has 0 aliphatic rings. The molecule has 0 spiro atoms. The molecule has 0 aliphatic heterocycles. The van der Waals surface area contributed by atoms with E-state index in [1.807, 2.05) is 36.6 Å². The maximum atomic E-state index is 12.4. The second kappa shape index (κ2) is 6.10. The third kappa shape index (κ3) is 2.91. The van der Waals surface area contributed by atoms with Crippen LogP contribution in [0, 0.1) is 6.92 Å². The van der Waals surface area contributed by atoms with Gasteiger partial charge in [-0.15, -0.1) is 11.3 Å². The first-order valence-electron chi connectivity index (χ1n) is 7.25. The summed E-state index contributed by atoms with van der Waals surface area (Å²) in [6.07, 6.45) is 0. The number of carbonyl (C=O) groups excluding carboxylic acids is 1. The van der Waals surface area contributed by atoms with Crippen LogP contribution in [0.15, 0.2) is 47.8 Å². The zero-order valence-electron chi connectivity index (χ0n) is 12.7. The number of aryl methyl sites for hydroxylation is 1. The first-order chi connectivity index (χ1) is 11.7. The summed E-state index contributed by atoms with van der Waals surface area (Å²) in [4.78, 5) is 16.9. The van der Waals surface area contributed by atoms with Gasteiger partial charge in [-0.25, -0.2) is 4.98 Å². The topological polar surface area (TPSA) is 67.8 Å². The van der Waals surface area contributed by atoms with Gasteiger partial charge in [-0.3, -0.25) is 10.1 Å². The third-order valence-corrected chi connectivity index (χ3v) is 4.90. The van der Waals surface area contributed by atoms with E-state index in [-0.39, 0.29) is 5.91 Å². The lowest BCUT2D eigenvalue weighted by Crippen LogP contribution is -2.11. The zero-order valence-corrected chi connectivity index (χ0v) is 14.3. The van der Waals surface area contributed by atoms with E-state index in [1.165, 1.54) is 16.9 Å². The number of fused-ring (bicyclic) bond motifs is 1. The summed E-state index contributed by atoms with van der Waals surface area (Å²) in [5.41, 5.74) is 5.16. The molecule has 0 radical (unpaired) electrons. The number of anilines is 1. The summed E-state index contributed by atoms with van der Waals surface area (Å²) < 4.78 is 8.29. The van der Waals surface area contributed by atoms with Crippen LogP contribution in [0.25, 0.3) is 22.3 Å². The van der Waals surface area contributed by atoms with Gasteiger partial charge in [0.05, 0.1) is 17.4 Å². The highest BCUT2D eigenvalue weighted by Crippen LogP contribution is 2.25. The Bertz CT molecular complexity index is 1020. The maximum absolute atomic E-state index is 12.4. The van der Waals surface area contributed by atoms with Crippen LogP contribution in [0.3, 0.4) is 0 Å². The van der Waals surface area contributed by atoms with Crippen LogP contribution in [0.1, 0.15) is 15.9 Å². The van der Waals surface area contributed by atoms with Crippen LogP contribution in [0.4, 0.5) is 5.13 Å². The van der Waals surface area contributed by atoms with Crippen molar-refractivity contribution in [3.8, 4) is 11.3 Å². The summed E-state index contributed by atoms with van der Waals surface area (Å²) >= 11 is 2.55. The minimum atomic E-state index is -0.199. The van der Waals surface area contributed by atoms with Gasteiger partial charge in [0.15, 0.2) is 5.13 Å². The van der Waals surface area contributed by atoms with Crippen molar-refractivity contribution in [2.75, 3.05) is 5.32 Å². The van der Waals surface area contributed by atoms with Gasteiger partial charge in [0.25, 0.3) is 5.91 Å². The number of thiazole rings is 1. The van der Waals surface area contributed by atoms with Crippen LogP contribution in [0.2, 0.25) is 0 Å². The maximum Gasteiger partial charge on any atom is 0.257 e. The third-order valence-electron chi connectivity index (χ3n) is 3.59. The summed E-state index contributed by atoms with van der Waals surface area (Å²) in [5, 5.41) is 5.35. The lowest BCUT2D eigenvalue weighted by atomic mass is 10.1. The van der Waals surface area contributed by atoms with Crippen molar-refractivity contribution in [2.24, 2.45) is 0 Å². The van der Waals surface area contributed by atoms with E-state index in [0.717, 1.165) is 34.0 Å². The van der Waals surface area contributed by atoms with E-state index in [1.54, 1.807) is 18.2 Å². The molecule has 0 fully saturated rings. The van der Waals surface area contributed by atoms with E-state index < -0.39 is 0 Å². The standard InChI is InChI=1S/C17H12N4OS2/c1-10-2-4-11(5-3-10)15-9-23-17(18-15)19-16(22)12-6-7-13-14(8-12)21-24-20-13/h2-9H,1H3,(H,18,19,22). The summed E-state index contributed by atoms with van der Waals surface area (Å²) in [6, 6.07) is 13.4. The number of rotatable bonds is 3. The molecule has 24 heavy (non-hydrogen) atoms. The second-order valence-electron chi connectivity index (χ2n) is 5.33. The van der Waals surface area contributed by atoms with Crippen molar-refractivity contribution in [1.29, 1.82) is 0 Å². The Labute approximate surface area is 146 Å². The zero-order chi connectivity index (χ0) is 16.5. The largest absolute Gasteiger partial charge is 0.298 e. The van der Waals surface area contributed by atoms with E-state index in [2.05, 4.69) is 19.0 Å². The van der Waals surface area contributed by atoms with Crippen molar-refractivity contribution < 1.29 is 4.79 Å². The van der Waals surface area contributed by atoms with Crippen molar-refractivity contribution in [3.05, 3.63) is 59.0 Å². The highest BCUT2D eigenvalue weighted by molar-refractivity contribution is 7.14. The number of nitrogens with one attached hydrogen (secondary N) is 1. The lowest BCUT2D eigenvalue weighted by Gasteiger charge is -2.01. The van der Waals surface area contributed by atoms with E-state index in [0.29, 0.717) is 10.7 Å². The molecule has 1 N–H and O–H groups in total. The van der Waals surface area contributed by atoms with Gasteiger partial charge >= 0.3 is 0 Å². The van der Waals surface area contributed by atoms with Crippen molar-refractivity contribution in [3.63, 3.8) is 0 Å². The Morgan fingerprint density at radius 1 is 1.04 bits per heavy atom. The Balaban J connectivity index is 1.54. The minimum absolute atomic E-state index is 0.199. The number of carbonyl (C=O) groups is 1. The molecule has 7 heteroatoms. The molecular formula is C17H12N4OS2. The minimum Gasteiger partial charge on any atom is -0.298 e. The number of nitrogens with zero attached hydrogens (tertiary/aromatic N) is 3. The molecule has 5 nitrogen and oxygen atoms in total. The smallest absolute Gasteiger partial charge is 0.257 e. The Morgan fingerprint density at radius 2 is 1.83 bits per heavy atom. The number of amides is 1. The van der Waals surface area contributed by atoms with Crippen molar-refractivity contribution in [2.45, 2.75) is 6.92 Å². The average molecular weight is 352 g/mol. The van der Waals surface area contributed by atoms with E-state index in [4.69, 9.17) is 0 Å². The Kier molecular flexibility index (Phi) is 3.79. The molecule has 2 aromatic carbocycles. The van der Waals surface area contributed by atoms with Gasteiger partial charge in [0.1, 0.15) is 11.0 Å². The fraction of sp³-hybridized carbons (Fsp3) is 0.0588. The van der Waals surface area contributed by atoms with Crippen LogP contribution >= 0.6 is 23.1 Å². The van der Waals surface area contributed by atoms with Gasteiger partial charge in [-0.05, 0) is 25.1 Å². The molecule has 0 bridgehead atoms. The molecule has 118 valence electrons. The molecule has 2 aromatic heterocycles. The molecule has 0 atom stereocenters. The molecule has 1 amide bonds. The van der Waals surface area contributed by atoms with Gasteiger partial charge in [-0.2, -0.15) is 8.75 Å². The number of benzene rings is 2. The monoisotopic (exact) mass is 352 g/mol. The fourth-order valence-corrected chi connectivity index (χ4v) is 3.51. The first kappa shape index (κ1) is 14.9. The predicted molar refractivity (Wildman–Crippen MR) is 97.7 cm³/mol. The Morgan fingerprint density at radius 3 is 2.67 bits per heavy atom. The van der Waals surface area contributed by atoms with Crippen molar-refractivity contribution in [1.82, 2.24) is 13.7 Å². The molecule has 0 saturated carbocycles. The van der Waals surface area contributed by atoms with E-state index in [9.17, 15) is 4.79 Å². The van der Waals surface area contributed by atoms with Crippen LogP contribution in [-0.2, 0) is 0 Å². The molecule has 4 aromatic rings. The molecular weight excluding hydrogens is 340 g/mol. The molecule has 0 aliphatic carbocycles. The number of hydrogen-bond acceptors (Lipinski definition) is 6. The molecule has 0 saturated heterocycles. The van der Waals surface area contributed by atoms with Gasteiger partial charge < -0.3 is 0 Å². The summed E-state index contributed by atoms with van der Waals surface area (Å²) in [5.74, 6) is -0.199. The second-order valence-corrected chi connectivity index (χ2v) is 6.71. The van der Waals surface area contributed by atoms with Crippen LogP contribution < -0.4 is 5.32 Å². The van der Waals surface area contributed by atoms with E-state index >= 15 is 0 Å². The first-order valence-corrected chi connectivity index (χ1v) is 8.86. The normalized spacial score (nSPS) is 10.9. The SMILES string of the molecule is Cc1ccc(-c2csc(NC(=O)c3ccc4nsnc4c3)n2)cc1. The average Bonchev–Trinajstić information content (AvgIpc) is 3.24. The van der Waals surface area contributed by atoms with Gasteiger partial charge in [0.2, 0.25) is 0 Å². The van der Waals surface area contributed by atoms with Gasteiger partial charge in [-0.1, -0.05) is 29.8 Å². The summed E-state index contributed by atoms with van der Waals surface area (Å²) in [7, 11) is 0. The van der Waals surface area contributed by atoms with Crippen molar-refractivity contribution >= 4 is 45.1 Å². The van der Waals surface area contributed by atoms with Crippen LogP contribution in [-0.4, -0.2) is 19.6 Å². The molecule has 2 heterocycles. The highest BCUT2D eigenvalue weighted by Gasteiger charge is 2.11. The van der Waals surface area contributed by atoms with Crippen LogP contribution in [0.5, 0.6) is 0 Å². The molecule has 0 unspecified atom stereocenters. The Hall–Kier alpha value is -2.64. The highest BCUT2D eigenvalue weighted by atomic mass is 32.1. The fourth-order valence-electron chi connectivity index (χ4n) is 2.28. The number of hydrogen-bond donors (Lipinski definition) is 1. The predicted octanol–water partition coefficient (Wildman–Crippen LogP) is 4.38. The quantitative estimate of drug-likeness (QED) is 0.594. The number of aromatic nitrogens is 3.